The molecule has 4 heteroatoms. The van der Waals surface area contributed by atoms with Crippen LogP contribution in [0.2, 0.25) is 0 Å². The molecule has 1 rings (SSSR count). The van der Waals surface area contributed by atoms with Gasteiger partial charge in [0.05, 0.1) is 6.42 Å². The van der Waals surface area contributed by atoms with E-state index in [9.17, 15) is 9.59 Å². The zero-order valence-electron chi connectivity index (χ0n) is 10.0. The predicted molar refractivity (Wildman–Crippen MR) is 68.4 cm³/mol. The molecule has 2 N–H and O–H groups in total. The van der Waals surface area contributed by atoms with E-state index in [2.05, 4.69) is 0 Å². The molecule has 96 valence electrons. The van der Waals surface area contributed by atoms with Gasteiger partial charge in [0.25, 0.3) is 0 Å². The summed E-state index contributed by atoms with van der Waals surface area (Å²) in [5.41, 5.74) is 1.47. The Kier molecular flexibility index (Phi) is 5.80. The van der Waals surface area contributed by atoms with Crippen LogP contribution in [0, 0.1) is 0 Å². The minimum Gasteiger partial charge on any atom is -0.481 e. The van der Waals surface area contributed by atoms with Crippen molar-refractivity contribution in [3.05, 3.63) is 41.5 Å². The molecule has 0 spiro atoms. The maximum absolute atomic E-state index is 11.6. The number of hydrogen-bond donors (Lipinski definition) is 2. The average Bonchev–Trinajstić information content (AvgIpc) is 2.37. The lowest BCUT2D eigenvalue weighted by Gasteiger charge is -2.00. The summed E-state index contributed by atoms with van der Waals surface area (Å²) in [6.45, 7) is 0.113. The molecule has 0 amide bonds. The van der Waals surface area contributed by atoms with E-state index in [4.69, 9.17) is 10.2 Å². The highest BCUT2D eigenvalue weighted by Gasteiger charge is 2.07. The van der Waals surface area contributed by atoms with Crippen molar-refractivity contribution in [2.24, 2.45) is 0 Å². The molecule has 0 unspecified atom stereocenters. The van der Waals surface area contributed by atoms with Crippen LogP contribution >= 0.6 is 0 Å². The third-order valence-electron chi connectivity index (χ3n) is 2.40. The van der Waals surface area contributed by atoms with Crippen LogP contribution in [-0.2, 0) is 4.79 Å². The topological polar surface area (TPSA) is 74.6 Å². The third kappa shape index (κ3) is 4.93. The normalized spacial score (nSPS) is 10.7. The van der Waals surface area contributed by atoms with Crippen LogP contribution in [0.1, 0.15) is 35.2 Å². The van der Waals surface area contributed by atoms with Gasteiger partial charge < -0.3 is 10.2 Å². The van der Waals surface area contributed by atoms with Gasteiger partial charge >= 0.3 is 5.97 Å². The van der Waals surface area contributed by atoms with Crippen LogP contribution in [0.4, 0.5) is 0 Å². The first-order chi connectivity index (χ1) is 8.63. The largest absolute Gasteiger partial charge is 0.481 e. The highest BCUT2D eigenvalue weighted by Crippen LogP contribution is 2.09. The lowest BCUT2D eigenvalue weighted by atomic mass is 10.0. The summed E-state index contributed by atoms with van der Waals surface area (Å²) < 4.78 is 0. The number of rotatable bonds is 7. The van der Waals surface area contributed by atoms with Gasteiger partial charge in [-0.2, -0.15) is 0 Å². The lowest BCUT2D eigenvalue weighted by molar-refractivity contribution is -0.136. The van der Waals surface area contributed by atoms with E-state index in [0.29, 0.717) is 12.0 Å². The van der Waals surface area contributed by atoms with E-state index in [-0.39, 0.29) is 25.2 Å². The second kappa shape index (κ2) is 7.40. The van der Waals surface area contributed by atoms with Gasteiger partial charge in [-0.25, -0.2) is 0 Å². The molecular formula is C14H16O4. The van der Waals surface area contributed by atoms with Gasteiger partial charge in [-0.3, -0.25) is 9.59 Å². The van der Waals surface area contributed by atoms with Gasteiger partial charge in [-0.1, -0.05) is 36.4 Å². The zero-order valence-corrected chi connectivity index (χ0v) is 10.0. The number of aliphatic carboxylic acids is 1. The summed E-state index contributed by atoms with van der Waals surface area (Å²) in [4.78, 5) is 22.0. The second-order valence-electron chi connectivity index (χ2n) is 3.85. The lowest BCUT2D eigenvalue weighted by Crippen LogP contribution is -2.03. The number of Topliss-reactive ketones (excluding diaryl/α,β-unsaturated/α-hetero) is 1. The van der Waals surface area contributed by atoms with Gasteiger partial charge in [0, 0.05) is 18.6 Å². The number of carboxylic acids is 1. The molecule has 0 fully saturated rings. The van der Waals surface area contributed by atoms with Gasteiger partial charge in [-0.05, 0) is 12.0 Å². The van der Waals surface area contributed by atoms with Crippen molar-refractivity contribution in [3.8, 4) is 0 Å². The molecule has 1 aromatic carbocycles. The Bertz CT molecular complexity index is 432. The standard InChI is InChI=1S/C14H16O4/c15-10-2-1-3-11-4-6-12(7-5-11)13(16)8-9-14(17)18/h1,3-7,15H,2,8-10H2,(H,17,18). The van der Waals surface area contributed by atoms with E-state index in [1.807, 2.05) is 12.2 Å². The Morgan fingerprint density at radius 3 is 2.33 bits per heavy atom. The number of benzene rings is 1. The van der Waals surface area contributed by atoms with Crippen molar-refractivity contribution in [2.75, 3.05) is 6.61 Å². The molecule has 0 saturated heterocycles. The minimum atomic E-state index is -0.966. The molecular weight excluding hydrogens is 232 g/mol. The average molecular weight is 248 g/mol. The quantitative estimate of drug-likeness (QED) is 0.725. The second-order valence-corrected chi connectivity index (χ2v) is 3.85. The SMILES string of the molecule is O=C(O)CCC(=O)c1ccc(C=CCCO)cc1. The van der Waals surface area contributed by atoms with E-state index < -0.39 is 5.97 Å². The van der Waals surface area contributed by atoms with Crippen molar-refractivity contribution >= 4 is 17.8 Å². The Labute approximate surface area is 106 Å². The molecule has 4 nitrogen and oxygen atoms in total. The van der Waals surface area contributed by atoms with Gasteiger partial charge in [-0.15, -0.1) is 0 Å². The number of carbonyl (C=O) groups is 2. The number of aliphatic hydroxyl groups is 1. The van der Waals surface area contributed by atoms with Crippen LogP contribution in [0.3, 0.4) is 0 Å². The maximum atomic E-state index is 11.6. The van der Waals surface area contributed by atoms with Crippen LogP contribution in [-0.4, -0.2) is 28.6 Å². The van der Waals surface area contributed by atoms with E-state index in [1.54, 1.807) is 24.3 Å². The summed E-state index contributed by atoms with van der Waals surface area (Å²) >= 11 is 0. The molecule has 0 heterocycles. The molecule has 0 aliphatic rings. The van der Waals surface area contributed by atoms with Crippen molar-refractivity contribution in [3.63, 3.8) is 0 Å². The molecule has 0 bridgehead atoms. The van der Waals surface area contributed by atoms with Crippen molar-refractivity contribution in [2.45, 2.75) is 19.3 Å². The van der Waals surface area contributed by atoms with Gasteiger partial charge in [0.15, 0.2) is 5.78 Å². The summed E-state index contributed by atoms with van der Waals surface area (Å²) in [6.07, 6.45) is 4.19. The molecule has 0 aliphatic carbocycles. The monoisotopic (exact) mass is 248 g/mol. The zero-order chi connectivity index (χ0) is 13.4. The molecule has 0 atom stereocenters. The van der Waals surface area contributed by atoms with Crippen LogP contribution < -0.4 is 0 Å². The number of hydrogen-bond acceptors (Lipinski definition) is 3. The Morgan fingerprint density at radius 2 is 1.78 bits per heavy atom. The first-order valence-electron chi connectivity index (χ1n) is 5.76. The Hall–Kier alpha value is -1.94. The van der Waals surface area contributed by atoms with Crippen molar-refractivity contribution in [1.29, 1.82) is 0 Å². The summed E-state index contributed by atoms with van der Waals surface area (Å²) in [7, 11) is 0. The van der Waals surface area contributed by atoms with Gasteiger partial charge in [0.2, 0.25) is 0 Å². The number of carbonyl (C=O) groups excluding carboxylic acids is 1. The molecule has 0 aliphatic heterocycles. The summed E-state index contributed by atoms with van der Waals surface area (Å²) in [5.74, 6) is -1.13. The Balaban J connectivity index is 2.59. The van der Waals surface area contributed by atoms with E-state index in [1.165, 1.54) is 0 Å². The first kappa shape index (κ1) is 14.1. The minimum absolute atomic E-state index is 0.0228. The fourth-order valence-electron chi connectivity index (χ4n) is 1.44. The van der Waals surface area contributed by atoms with E-state index in [0.717, 1.165) is 5.56 Å². The summed E-state index contributed by atoms with van der Waals surface area (Å²) in [6, 6.07) is 6.95. The van der Waals surface area contributed by atoms with Crippen molar-refractivity contribution < 1.29 is 19.8 Å². The van der Waals surface area contributed by atoms with Gasteiger partial charge in [0.1, 0.15) is 0 Å². The third-order valence-corrected chi connectivity index (χ3v) is 2.40. The fourth-order valence-corrected chi connectivity index (χ4v) is 1.44. The van der Waals surface area contributed by atoms with Crippen LogP contribution in [0.25, 0.3) is 6.08 Å². The molecule has 1 aromatic rings. The first-order valence-corrected chi connectivity index (χ1v) is 5.76. The number of ketones is 1. The highest BCUT2D eigenvalue weighted by atomic mass is 16.4. The maximum Gasteiger partial charge on any atom is 0.303 e. The number of aliphatic hydroxyl groups excluding tert-OH is 1. The van der Waals surface area contributed by atoms with Crippen molar-refractivity contribution in [1.82, 2.24) is 0 Å². The fraction of sp³-hybridized carbons (Fsp3) is 0.286. The molecule has 18 heavy (non-hydrogen) atoms. The smallest absolute Gasteiger partial charge is 0.303 e. The highest BCUT2D eigenvalue weighted by molar-refractivity contribution is 5.97. The number of carboxylic acid groups (broad SMARTS) is 1. The van der Waals surface area contributed by atoms with E-state index >= 15 is 0 Å². The Morgan fingerprint density at radius 1 is 1.11 bits per heavy atom. The van der Waals surface area contributed by atoms with Crippen LogP contribution in [0.15, 0.2) is 30.3 Å². The predicted octanol–water partition coefficient (Wildman–Crippen LogP) is 2.13. The molecule has 0 aromatic heterocycles. The van der Waals surface area contributed by atoms with Crippen LogP contribution in [0.5, 0.6) is 0 Å². The molecule has 0 radical (unpaired) electrons. The molecule has 0 saturated carbocycles. The summed E-state index contributed by atoms with van der Waals surface area (Å²) in [5, 5.41) is 17.1.